The van der Waals surface area contributed by atoms with Crippen LogP contribution in [0.5, 0.6) is 0 Å². The van der Waals surface area contributed by atoms with Crippen LogP contribution in [-0.2, 0) is 24.2 Å². The number of carbonyl (C=O) groups excluding carboxylic acids is 1. The van der Waals surface area contributed by atoms with Crippen molar-refractivity contribution in [3.05, 3.63) is 101 Å². The molecule has 0 spiro atoms. The number of hydrogen-bond donors (Lipinski definition) is 2. The number of aromatic nitrogens is 2. The third-order valence-electron chi connectivity index (χ3n) is 6.00. The molecule has 2 N–H and O–H groups in total. The van der Waals surface area contributed by atoms with E-state index in [0.717, 1.165) is 22.2 Å². The van der Waals surface area contributed by atoms with Gasteiger partial charge in [0.15, 0.2) is 0 Å². The minimum atomic E-state index is -0.966. The highest BCUT2D eigenvalue weighted by molar-refractivity contribution is 6.03. The fourth-order valence-corrected chi connectivity index (χ4v) is 4.25. The van der Waals surface area contributed by atoms with E-state index in [1.54, 1.807) is 6.20 Å². The normalized spacial score (nSPS) is 11.1. The summed E-state index contributed by atoms with van der Waals surface area (Å²) in [6.07, 6.45) is 2.10. The number of aliphatic carboxylic acids is 1. The number of carboxylic acid groups (broad SMARTS) is 1. The number of pyridine rings is 1. The average molecular weight is 456 g/mol. The third-order valence-corrected chi connectivity index (χ3v) is 6.00. The Morgan fingerprint density at radius 2 is 1.74 bits per heavy atom. The topological polar surface area (TPSA) is 84.2 Å². The number of fused-ring (bicyclic) bond motifs is 1. The molecule has 0 fully saturated rings. The van der Waals surface area contributed by atoms with Gasteiger partial charge in [0.05, 0.1) is 6.42 Å². The number of benzene rings is 2. The van der Waals surface area contributed by atoms with Gasteiger partial charge in [0.25, 0.3) is 5.91 Å². The summed E-state index contributed by atoms with van der Waals surface area (Å²) >= 11 is 0. The first-order valence-electron chi connectivity index (χ1n) is 11.5. The Balaban J connectivity index is 1.70. The zero-order valence-corrected chi connectivity index (χ0v) is 19.5. The van der Waals surface area contributed by atoms with E-state index in [1.807, 2.05) is 47.0 Å². The molecule has 0 saturated carbocycles. The molecule has 4 aromatic rings. The van der Waals surface area contributed by atoms with Crippen molar-refractivity contribution < 1.29 is 14.7 Å². The van der Waals surface area contributed by atoms with Crippen molar-refractivity contribution in [2.75, 3.05) is 6.54 Å². The molecule has 0 atom stereocenters. The van der Waals surface area contributed by atoms with E-state index in [-0.39, 0.29) is 12.3 Å². The number of nitrogens with one attached hydrogen (secondary N) is 1. The average Bonchev–Trinajstić information content (AvgIpc) is 3.12. The summed E-state index contributed by atoms with van der Waals surface area (Å²) in [5, 5.41) is 13.4. The van der Waals surface area contributed by atoms with Crippen LogP contribution >= 0.6 is 0 Å². The summed E-state index contributed by atoms with van der Waals surface area (Å²) in [7, 11) is 0. The Kier molecular flexibility index (Phi) is 7.07. The van der Waals surface area contributed by atoms with Crippen LogP contribution in [0.25, 0.3) is 10.9 Å². The predicted octanol–water partition coefficient (Wildman–Crippen LogP) is 4.81. The third kappa shape index (κ3) is 5.17. The van der Waals surface area contributed by atoms with Crippen molar-refractivity contribution in [1.29, 1.82) is 0 Å². The molecule has 2 aromatic heterocycles. The van der Waals surface area contributed by atoms with Gasteiger partial charge in [-0.2, -0.15) is 0 Å². The Hall–Kier alpha value is -3.93. The van der Waals surface area contributed by atoms with E-state index in [1.165, 1.54) is 5.56 Å². The van der Waals surface area contributed by atoms with E-state index in [0.29, 0.717) is 36.7 Å². The number of rotatable bonds is 9. The summed E-state index contributed by atoms with van der Waals surface area (Å²) in [6.45, 7) is 5.19. The predicted molar refractivity (Wildman–Crippen MR) is 133 cm³/mol. The van der Waals surface area contributed by atoms with E-state index < -0.39 is 5.97 Å². The molecule has 6 heteroatoms. The van der Waals surface area contributed by atoms with E-state index in [4.69, 9.17) is 0 Å². The van der Waals surface area contributed by atoms with Gasteiger partial charge in [0.1, 0.15) is 5.69 Å². The highest BCUT2D eigenvalue weighted by Gasteiger charge is 2.24. The number of amides is 1. The van der Waals surface area contributed by atoms with Crippen LogP contribution in [0.2, 0.25) is 0 Å². The summed E-state index contributed by atoms with van der Waals surface area (Å²) in [5.74, 6) is -0.807. The van der Waals surface area contributed by atoms with Crippen LogP contribution in [-0.4, -0.2) is 33.1 Å². The largest absolute Gasteiger partial charge is 0.481 e. The van der Waals surface area contributed by atoms with Gasteiger partial charge in [-0.05, 0) is 35.2 Å². The van der Waals surface area contributed by atoms with Crippen LogP contribution in [0.3, 0.4) is 0 Å². The first-order chi connectivity index (χ1) is 16.4. The minimum absolute atomic E-state index is 0.219. The molecule has 0 radical (unpaired) electrons. The second-order valence-electron chi connectivity index (χ2n) is 8.72. The molecule has 6 nitrogen and oxygen atoms in total. The maximum Gasteiger partial charge on any atom is 0.307 e. The van der Waals surface area contributed by atoms with Crippen LogP contribution in [0, 0.1) is 0 Å². The molecular formula is C28H29N3O3. The SMILES string of the molecule is CC(C)c1ccc(Cn2c(C(=O)NCCc3ccccn3)c(CC(=O)O)c3ccccc32)cc1. The summed E-state index contributed by atoms with van der Waals surface area (Å²) in [4.78, 5) is 29.4. The molecule has 0 bridgehead atoms. The Bertz CT molecular complexity index is 1290. The fraction of sp³-hybridized carbons (Fsp3) is 0.250. The fourth-order valence-electron chi connectivity index (χ4n) is 4.25. The lowest BCUT2D eigenvalue weighted by Crippen LogP contribution is -2.29. The van der Waals surface area contributed by atoms with Crippen molar-refractivity contribution in [3.8, 4) is 0 Å². The van der Waals surface area contributed by atoms with E-state index in [9.17, 15) is 14.7 Å². The van der Waals surface area contributed by atoms with Crippen LogP contribution in [0.1, 0.15) is 52.6 Å². The molecule has 0 aliphatic heterocycles. The van der Waals surface area contributed by atoms with Crippen LogP contribution < -0.4 is 5.32 Å². The van der Waals surface area contributed by atoms with Crippen molar-refractivity contribution in [3.63, 3.8) is 0 Å². The monoisotopic (exact) mass is 455 g/mol. The zero-order chi connectivity index (χ0) is 24.1. The highest BCUT2D eigenvalue weighted by atomic mass is 16.4. The standard InChI is InChI=1S/C28H29N3O3/c1-19(2)21-12-10-20(11-13-21)18-31-25-9-4-3-8-23(25)24(17-26(32)33)27(31)28(34)30-16-14-22-7-5-6-15-29-22/h3-13,15,19H,14,16-18H2,1-2H3,(H,30,34)(H,32,33). The molecule has 1 amide bonds. The van der Waals surface area contributed by atoms with Crippen LogP contribution in [0.4, 0.5) is 0 Å². The van der Waals surface area contributed by atoms with Gasteiger partial charge in [-0.25, -0.2) is 0 Å². The first-order valence-corrected chi connectivity index (χ1v) is 11.5. The number of nitrogens with zero attached hydrogens (tertiary/aromatic N) is 2. The van der Waals surface area contributed by atoms with Gasteiger partial charge in [0.2, 0.25) is 0 Å². The number of carbonyl (C=O) groups is 2. The Morgan fingerprint density at radius 3 is 2.41 bits per heavy atom. The quantitative estimate of drug-likeness (QED) is 0.379. The Morgan fingerprint density at radius 1 is 1.00 bits per heavy atom. The summed E-state index contributed by atoms with van der Waals surface area (Å²) < 4.78 is 1.94. The van der Waals surface area contributed by atoms with E-state index >= 15 is 0 Å². The molecule has 2 heterocycles. The Labute approximate surface area is 199 Å². The van der Waals surface area contributed by atoms with Gasteiger partial charge >= 0.3 is 5.97 Å². The van der Waals surface area contributed by atoms with Gasteiger partial charge in [-0.1, -0.05) is 62.4 Å². The molecule has 174 valence electrons. The number of carboxylic acids is 1. The molecule has 0 unspecified atom stereocenters. The summed E-state index contributed by atoms with van der Waals surface area (Å²) in [5.41, 5.74) is 4.98. The molecule has 0 aliphatic rings. The molecule has 4 rings (SSSR count). The van der Waals surface area contributed by atoms with Crippen molar-refractivity contribution in [2.45, 2.75) is 39.2 Å². The lowest BCUT2D eigenvalue weighted by atomic mass is 10.0. The van der Waals surface area contributed by atoms with Gasteiger partial charge in [0, 0.05) is 47.9 Å². The van der Waals surface area contributed by atoms with Gasteiger partial charge in [-0.3, -0.25) is 14.6 Å². The smallest absolute Gasteiger partial charge is 0.307 e. The second kappa shape index (κ2) is 10.3. The minimum Gasteiger partial charge on any atom is -0.481 e. The molecule has 2 aromatic carbocycles. The molecule has 0 saturated heterocycles. The van der Waals surface area contributed by atoms with E-state index in [2.05, 4.69) is 48.4 Å². The van der Waals surface area contributed by atoms with Gasteiger partial charge in [-0.15, -0.1) is 0 Å². The van der Waals surface area contributed by atoms with Crippen LogP contribution in [0.15, 0.2) is 72.9 Å². The molecular weight excluding hydrogens is 426 g/mol. The number of hydrogen-bond acceptors (Lipinski definition) is 3. The van der Waals surface area contributed by atoms with Crippen molar-refractivity contribution >= 4 is 22.8 Å². The zero-order valence-electron chi connectivity index (χ0n) is 19.5. The summed E-state index contributed by atoms with van der Waals surface area (Å²) in [6, 6.07) is 21.7. The lowest BCUT2D eigenvalue weighted by molar-refractivity contribution is -0.136. The van der Waals surface area contributed by atoms with Gasteiger partial charge < -0.3 is 15.0 Å². The van der Waals surface area contributed by atoms with Crippen molar-refractivity contribution in [2.24, 2.45) is 0 Å². The second-order valence-corrected chi connectivity index (χ2v) is 8.72. The van der Waals surface area contributed by atoms with Crippen molar-refractivity contribution in [1.82, 2.24) is 14.9 Å². The number of para-hydroxylation sites is 1. The molecule has 34 heavy (non-hydrogen) atoms. The maximum absolute atomic E-state index is 13.4. The highest BCUT2D eigenvalue weighted by Crippen LogP contribution is 2.28. The lowest BCUT2D eigenvalue weighted by Gasteiger charge is -2.14. The molecule has 0 aliphatic carbocycles. The maximum atomic E-state index is 13.4. The first kappa shape index (κ1) is 23.2.